The van der Waals surface area contributed by atoms with Gasteiger partial charge in [-0.2, -0.15) is 0 Å². The van der Waals surface area contributed by atoms with Gasteiger partial charge in [-0.25, -0.2) is 4.39 Å². The number of aldehydes is 1. The van der Waals surface area contributed by atoms with Gasteiger partial charge in [0.2, 0.25) is 0 Å². The molecule has 3 rings (SSSR count). The van der Waals surface area contributed by atoms with Crippen molar-refractivity contribution < 1.29 is 9.18 Å². The molecule has 0 aliphatic heterocycles. The van der Waals surface area contributed by atoms with E-state index >= 15 is 0 Å². The average molecular weight is 254 g/mol. The van der Waals surface area contributed by atoms with E-state index in [-0.39, 0.29) is 5.82 Å². The van der Waals surface area contributed by atoms with Crippen LogP contribution in [0.1, 0.15) is 28.8 Å². The van der Waals surface area contributed by atoms with E-state index < -0.39 is 0 Å². The molecule has 0 amide bonds. The first kappa shape index (κ1) is 12.1. The van der Waals surface area contributed by atoms with Crippen LogP contribution >= 0.6 is 0 Å². The Balaban J connectivity index is 1.98. The van der Waals surface area contributed by atoms with Crippen LogP contribution in [-0.4, -0.2) is 6.29 Å². The molecule has 0 radical (unpaired) electrons. The number of carbonyl (C=O) groups is 1. The Morgan fingerprint density at radius 3 is 2.42 bits per heavy atom. The number of hydrogen-bond donors (Lipinski definition) is 0. The molecule has 1 nitrogen and oxygen atoms in total. The molecule has 1 fully saturated rings. The first-order valence-corrected chi connectivity index (χ1v) is 6.60. The van der Waals surface area contributed by atoms with Gasteiger partial charge in [0.1, 0.15) is 12.1 Å². The van der Waals surface area contributed by atoms with E-state index in [0.717, 1.165) is 29.8 Å². The second-order valence-electron chi connectivity index (χ2n) is 5.24. The van der Waals surface area contributed by atoms with Crippen LogP contribution in [-0.2, 0) is 6.42 Å². The van der Waals surface area contributed by atoms with Crippen molar-refractivity contribution in [3.05, 3.63) is 59.4 Å². The smallest absolute Gasteiger partial charge is 0.150 e. The third-order valence-electron chi connectivity index (χ3n) is 3.55. The van der Waals surface area contributed by atoms with Gasteiger partial charge in [-0.15, -0.1) is 0 Å². The molecule has 96 valence electrons. The van der Waals surface area contributed by atoms with Gasteiger partial charge in [0.25, 0.3) is 0 Å². The summed E-state index contributed by atoms with van der Waals surface area (Å²) in [6, 6.07) is 12.3. The highest BCUT2D eigenvalue weighted by Crippen LogP contribution is 2.34. The molecule has 0 spiro atoms. The van der Waals surface area contributed by atoms with Gasteiger partial charge >= 0.3 is 0 Å². The van der Waals surface area contributed by atoms with Crippen LogP contribution in [0.5, 0.6) is 0 Å². The van der Waals surface area contributed by atoms with E-state index in [1.54, 1.807) is 12.1 Å². The fraction of sp³-hybridized carbons (Fsp3) is 0.235. The van der Waals surface area contributed by atoms with Gasteiger partial charge < -0.3 is 0 Å². The predicted molar refractivity (Wildman–Crippen MR) is 73.7 cm³/mol. The lowest BCUT2D eigenvalue weighted by molar-refractivity contribution is 0.112. The quantitative estimate of drug-likeness (QED) is 0.745. The topological polar surface area (TPSA) is 17.1 Å². The Morgan fingerprint density at radius 2 is 1.79 bits per heavy atom. The summed E-state index contributed by atoms with van der Waals surface area (Å²) in [5.74, 6) is 0.538. The van der Waals surface area contributed by atoms with Crippen LogP contribution in [0.15, 0.2) is 42.5 Å². The number of rotatable bonds is 4. The molecule has 0 bridgehead atoms. The highest BCUT2D eigenvalue weighted by molar-refractivity contribution is 5.79. The van der Waals surface area contributed by atoms with Crippen LogP contribution in [0.4, 0.5) is 4.39 Å². The first-order valence-electron chi connectivity index (χ1n) is 6.60. The highest BCUT2D eigenvalue weighted by Gasteiger charge is 2.21. The highest BCUT2D eigenvalue weighted by atomic mass is 19.1. The second-order valence-corrected chi connectivity index (χ2v) is 5.24. The summed E-state index contributed by atoms with van der Waals surface area (Å²) >= 11 is 0. The molecule has 0 heterocycles. The second kappa shape index (κ2) is 4.96. The maximum Gasteiger partial charge on any atom is 0.150 e. The number of carbonyl (C=O) groups excluding carboxylic acids is 1. The van der Waals surface area contributed by atoms with E-state index in [9.17, 15) is 9.18 Å². The molecule has 1 aliphatic carbocycles. The minimum Gasteiger partial charge on any atom is -0.298 e. The van der Waals surface area contributed by atoms with Crippen molar-refractivity contribution in [3.8, 4) is 11.1 Å². The zero-order valence-corrected chi connectivity index (χ0v) is 10.6. The predicted octanol–water partition coefficient (Wildman–Crippen LogP) is 4.26. The molecule has 1 aliphatic rings. The SMILES string of the molecule is O=Cc1cc(CC2CC2)cc(-c2ccc(F)cc2)c1. The van der Waals surface area contributed by atoms with Gasteiger partial charge in [0.15, 0.2) is 0 Å². The lowest BCUT2D eigenvalue weighted by Gasteiger charge is -2.07. The minimum absolute atomic E-state index is 0.242. The standard InChI is InChI=1S/C17H15FO/c18-17-5-3-15(4-6-17)16-9-13(7-12-1-2-12)8-14(10-16)11-19/h3-6,8-12H,1-2,7H2. The third kappa shape index (κ3) is 2.90. The monoisotopic (exact) mass is 254 g/mol. The maximum atomic E-state index is 13.0. The van der Waals surface area contributed by atoms with E-state index in [1.807, 2.05) is 12.1 Å². The normalized spacial score (nSPS) is 14.4. The minimum atomic E-state index is -0.242. The molecule has 1 saturated carbocycles. The molecular formula is C17H15FO. The Hall–Kier alpha value is -1.96. The van der Waals surface area contributed by atoms with E-state index in [0.29, 0.717) is 5.56 Å². The summed E-state index contributed by atoms with van der Waals surface area (Å²) in [7, 11) is 0. The van der Waals surface area contributed by atoms with E-state index in [4.69, 9.17) is 0 Å². The van der Waals surface area contributed by atoms with Crippen LogP contribution in [0.25, 0.3) is 11.1 Å². The molecule has 2 heteroatoms. The Kier molecular flexibility index (Phi) is 3.16. The Morgan fingerprint density at radius 1 is 1.05 bits per heavy atom. The van der Waals surface area contributed by atoms with Gasteiger partial charge in [-0.3, -0.25) is 4.79 Å². The molecule has 2 aromatic carbocycles. The van der Waals surface area contributed by atoms with Crippen LogP contribution in [0.3, 0.4) is 0 Å². The lowest BCUT2D eigenvalue weighted by atomic mass is 9.98. The van der Waals surface area contributed by atoms with Crippen molar-refractivity contribution in [2.45, 2.75) is 19.3 Å². The number of benzene rings is 2. The van der Waals surface area contributed by atoms with E-state index in [1.165, 1.54) is 30.5 Å². The fourth-order valence-corrected chi connectivity index (χ4v) is 2.37. The van der Waals surface area contributed by atoms with Crippen molar-refractivity contribution in [2.24, 2.45) is 5.92 Å². The van der Waals surface area contributed by atoms with Crippen molar-refractivity contribution in [1.82, 2.24) is 0 Å². The summed E-state index contributed by atoms with van der Waals surface area (Å²) in [5.41, 5.74) is 3.83. The van der Waals surface area contributed by atoms with Crippen LogP contribution in [0, 0.1) is 11.7 Å². The van der Waals surface area contributed by atoms with Crippen molar-refractivity contribution in [3.63, 3.8) is 0 Å². The summed E-state index contributed by atoms with van der Waals surface area (Å²) in [4.78, 5) is 11.0. The molecule has 0 N–H and O–H groups in total. The van der Waals surface area contributed by atoms with Gasteiger partial charge in [-0.1, -0.05) is 18.2 Å². The summed E-state index contributed by atoms with van der Waals surface area (Å²) < 4.78 is 13.0. The summed E-state index contributed by atoms with van der Waals surface area (Å²) in [6.07, 6.45) is 4.49. The number of hydrogen-bond acceptors (Lipinski definition) is 1. The Bertz CT molecular complexity index is 597. The van der Waals surface area contributed by atoms with Crippen LogP contribution < -0.4 is 0 Å². The van der Waals surface area contributed by atoms with Gasteiger partial charge in [0, 0.05) is 5.56 Å². The average Bonchev–Trinajstić information content (AvgIpc) is 3.23. The molecule has 2 aromatic rings. The molecule has 0 unspecified atom stereocenters. The van der Waals surface area contributed by atoms with Gasteiger partial charge in [0.05, 0.1) is 0 Å². The summed E-state index contributed by atoms with van der Waals surface area (Å²) in [6.45, 7) is 0. The first-order chi connectivity index (χ1) is 9.24. The molecule has 0 atom stereocenters. The fourth-order valence-electron chi connectivity index (χ4n) is 2.37. The molecular weight excluding hydrogens is 239 g/mol. The van der Waals surface area contributed by atoms with Crippen molar-refractivity contribution >= 4 is 6.29 Å². The van der Waals surface area contributed by atoms with E-state index in [2.05, 4.69) is 6.07 Å². The van der Waals surface area contributed by atoms with Crippen molar-refractivity contribution in [2.75, 3.05) is 0 Å². The zero-order valence-electron chi connectivity index (χ0n) is 10.6. The molecule has 19 heavy (non-hydrogen) atoms. The third-order valence-corrected chi connectivity index (χ3v) is 3.55. The maximum absolute atomic E-state index is 13.0. The van der Waals surface area contributed by atoms with Gasteiger partial charge in [-0.05, 0) is 66.1 Å². The molecule has 0 aromatic heterocycles. The zero-order chi connectivity index (χ0) is 13.2. The van der Waals surface area contributed by atoms with Crippen LogP contribution in [0.2, 0.25) is 0 Å². The lowest BCUT2D eigenvalue weighted by Crippen LogP contribution is -1.92. The summed E-state index contributed by atoms with van der Waals surface area (Å²) in [5, 5.41) is 0. The van der Waals surface area contributed by atoms with Crippen molar-refractivity contribution in [1.29, 1.82) is 0 Å². The Labute approximate surface area is 112 Å². The number of halogens is 1. The largest absolute Gasteiger partial charge is 0.298 e. The molecule has 0 saturated heterocycles.